The van der Waals surface area contributed by atoms with Crippen molar-refractivity contribution in [3.05, 3.63) is 55.0 Å². The summed E-state index contributed by atoms with van der Waals surface area (Å²) in [7, 11) is 0. The molecule has 0 spiro atoms. The molecule has 0 saturated carbocycles. The molecular formula is C12H13N3S. The number of hydrogen-bond acceptors (Lipinski definition) is 4. The number of aliphatic imine (C=N–C) groups is 1. The lowest BCUT2D eigenvalue weighted by atomic mass is 10.2. The van der Waals surface area contributed by atoms with Crippen LogP contribution in [0.2, 0.25) is 0 Å². The van der Waals surface area contributed by atoms with Crippen molar-refractivity contribution in [1.29, 1.82) is 0 Å². The molecule has 1 aromatic rings. The van der Waals surface area contributed by atoms with Gasteiger partial charge in [0.15, 0.2) is 0 Å². The van der Waals surface area contributed by atoms with Crippen molar-refractivity contribution in [2.24, 2.45) is 10.7 Å². The van der Waals surface area contributed by atoms with Crippen LogP contribution in [0.3, 0.4) is 0 Å². The van der Waals surface area contributed by atoms with Crippen LogP contribution in [0, 0.1) is 0 Å². The Morgan fingerprint density at radius 3 is 2.69 bits per heavy atom. The quantitative estimate of drug-likeness (QED) is 0.475. The molecule has 0 aliphatic carbocycles. The molecule has 0 aromatic carbocycles. The number of nitrogens with zero attached hydrogens (tertiary/aromatic N) is 2. The third-order valence-electron chi connectivity index (χ3n) is 1.84. The zero-order chi connectivity index (χ0) is 12.0. The summed E-state index contributed by atoms with van der Waals surface area (Å²) in [6.45, 7) is 7.23. The Labute approximate surface area is 101 Å². The van der Waals surface area contributed by atoms with Crippen LogP contribution in [0.25, 0.3) is 0 Å². The van der Waals surface area contributed by atoms with Gasteiger partial charge in [0.05, 0.1) is 11.9 Å². The molecule has 0 radical (unpaired) electrons. The molecule has 82 valence electrons. The van der Waals surface area contributed by atoms with Crippen LogP contribution >= 0.6 is 12.6 Å². The Kier molecular flexibility index (Phi) is 4.54. The first-order valence-corrected chi connectivity index (χ1v) is 5.04. The number of nitrogens with two attached hydrogens (primary N) is 1. The fourth-order valence-electron chi connectivity index (χ4n) is 0.994. The van der Waals surface area contributed by atoms with Crippen molar-refractivity contribution in [3.63, 3.8) is 0 Å². The standard InChI is InChI=1S/C12H13N3S/c1-3-9(12(13)4-2)6-15-10-5-11(16)8-14-7-10/h3-8,16H,1-2,13H2. The first kappa shape index (κ1) is 12.3. The minimum Gasteiger partial charge on any atom is -0.398 e. The molecule has 0 bridgehead atoms. The molecule has 0 unspecified atom stereocenters. The van der Waals surface area contributed by atoms with Gasteiger partial charge >= 0.3 is 0 Å². The maximum Gasteiger partial charge on any atom is 0.0824 e. The lowest BCUT2D eigenvalue weighted by Gasteiger charge is -1.98. The fraction of sp³-hybridized carbons (Fsp3) is 0. The van der Waals surface area contributed by atoms with Crippen molar-refractivity contribution in [3.8, 4) is 0 Å². The summed E-state index contributed by atoms with van der Waals surface area (Å²) in [6.07, 6.45) is 8.08. The predicted octanol–water partition coefficient (Wildman–Crippen LogP) is 2.66. The van der Waals surface area contributed by atoms with Crippen molar-refractivity contribution in [1.82, 2.24) is 4.98 Å². The van der Waals surface area contributed by atoms with E-state index in [4.69, 9.17) is 5.73 Å². The topological polar surface area (TPSA) is 51.3 Å². The van der Waals surface area contributed by atoms with E-state index in [0.717, 1.165) is 10.5 Å². The molecule has 4 heteroatoms. The Morgan fingerprint density at radius 1 is 1.38 bits per heavy atom. The second kappa shape index (κ2) is 5.92. The summed E-state index contributed by atoms with van der Waals surface area (Å²) in [5.41, 5.74) is 7.66. The third kappa shape index (κ3) is 3.40. The average molecular weight is 231 g/mol. The van der Waals surface area contributed by atoms with Crippen LogP contribution in [-0.2, 0) is 0 Å². The highest BCUT2D eigenvalue weighted by atomic mass is 32.1. The summed E-state index contributed by atoms with van der Waals surface area (Å²) >= 11 is 4.17. The first-order chi connectivity index (χ1) is 7.67. The molecule has 0 aliphatic heterocycles. The van der Waals surface area contributed by atoms with E-state index in [2.05, 4.69) is 35.8 Å². The van der Waals surface area contributed by atoms with E-state index >= 15 is 0 Å². The summed E-state index contributed by atoms with van der Waals surface area (Å²) in [5, 5.41) is 0. The molecule has 1 rings (SSSR count). The second-order valence-corrected chi connectivity index (χ2v) is 3.49. The van der Waals surface area contributed by atoms with Crippen molar-refractivity contribution < 1.29 is 0 Å². The van der Waals surface area contributed by atoms with Crippen LogP contribution in [0.4, 0.5) is 5.69 Å². The Bertz CT molecular complexity index is 461. The van der Waals surface area contributed by atoms with Crippen molar-refractivity contribution in [2.75, 3.05) is 0 Å². The van der Waals surface area contributed by atoms with E-state index < -0.39 is 0 Å². The monoisotopic (exact) mass is 231 g/mol. The number of allylic oxidation sites excluding steroid dienone is 3. The van der Waals surface area contributed by atoms with Crippen LogP contribution in [0.15, 0.2) is 64.9 Å². The summed E-state index contributed by atoms with van der Waals surface area (Å²) in [5.74, 6) is 0. The zero-order valence-corrected chi connectivity index (χ0v) is 9.69. The van der Waals surface area contributed by atoms with Gasteiger partial charge in [0, 0.05) is 28.6 Å². The van der Waals surface area contributed by atoms with E-state index in [1.807, 2.05) is 0 Å². The molecule has 1 aromatic heterocycles. The average Bonchev–Trinajstić information content (AvgIpc) is 2.29. The number of rotatable bonds is 4. The maximum absolute atomic E-state index is 5.69. The van der Waals surface area contributed by atoms with E-state index in [0.29, 0.717) is 11.4 Å². The van der Waals surface area contributed by atoms with Gasteiger partial charge in [-0.05, 0) is 12.1 Å². The minimum atomic E-state index is 0.536. The lowest BCUT2D eigenvalue weighted by molar-refractivity contribution is 1.23. The number of pyridine rings is 1. The van der Waals surface area contributed by atoms with Gasteiger partial charge in [-0.2, -0.15) is 0 Å². The van der Waals surface area contributed by atoms with Gasteiger partial charge in [0.2, 0.25) is 0 Å². The molecule has 0 fully saturated rings. The van der Waals surface area contributed by atoms with E-state index in [9.17, 15) is 0 Å². The lowest BCUT2D eigenvalue weighted by Crippen LogP contribution is -1.98. The molecule has 3 nitrogen and oxygen atoms in total. The molecule has 0 atom stereocenters. The first-order valence-electron chi connectivity index (χ1n) is 4.60. The fourth-order valence-corrected chi connectivity index (χ4v) is 1.19. The zero-order valence-electron chi connectivity index (χ0n) is 8.80. The van der Waals surface area contributed by atoms with Crippen LogP contribution in [0.1, 0.15) is 0 Å². The van der Waals surface area contributed by atoms with E-state index in [1.165, 1.54) is 0 Å². The maximum atomic E-state index is 5.69. The Morgan fingerprint density at radius 2 is 2.12 bits per heavy atom. The van der Waals surface area contributed by atoms with Crippen molar-refractivity contribution >= 4 is 24.5 Å². The molecule has 0 aliphatic rings. The molecule has 0 saturated heterocycles. The normalized spacial score (nSPS) is 12.3. The SMILES string of the molecule is C=CC(N)=C(C=C)C=Nc1cncc(S)c1. The van der Waals surface area contributed by atoms with Gasteiger partial charge in [-0.25, -0.2) is 0 Å². The Hall–Kier alpha value is -1.81. The third-order valence-corrected chi connectivity index (χ3v) is 2.08. The van der Waals surface area contributed by atoms with Crippen LogP contribution < -0.4 is 5.73 Å². The van der Waals surface area contributed by atoms with E-state index in [1.54, 1.807) is 36.8 Å². The number of hydrogen-bond donors (Lipinski definition) is 2. The Balaban J connectivity index is 2.96. The molecule has 1 heterocycles. The molecule has 0 amide bonds. The minimum absolute atomic E-state index is 0.536. The summed E-state index contributed by atoms with van der Waals surface area (Å²) in [6, 6.07) is 1.80. The number of thiol groups is 1. The highest BCUT2D eigenvalue weighted by Crippen LogP contribution is 2.14. The van der Waals surface area contributed by atoms with Crippen molar-refractivity contribution in [2.45, 2.75) is 4.90 Å². The smallest absolute Gasteiger partial charge is 0.0824 e. The molecule has 16 heavy (non-hydrogen) atoms. The summed E-state index contributed by atoms with van der Waals surface area (Å²) in [4.78, 5) is 8.94. The van der Waals surface area contributed by atoms with Gasteiger partial charge in [-0.15, -0.1) is 12.6 Å². The van der Waals surface area contributed by atoms with Crippen LogP contribution in [-0.4, -0.2) is 11.2 Å². The van der Waals surface area contributed by atoms with Crippen LogP contribution in [0.5, 0.6) is 0 Å². The van der Waals surface area contributed by atoms with Gasteiger partial charge in [0.1, 0.15) is 0 Å². The van der Waals surface area contributed by atoms with Gasteiger partial charge < -0.3 is 5.73 Å². The highest BCUT2D eigenvalue weighted by molar-refractivity contribution is 7.80. The summed E-state index contributed by atoms with van der Waals surface area (Å²) < 4.78 is 0. The van der Waals surface area contributed by atoms with Gasteiger partial charge in [0.25, 0.3) is 0 Å². The largest absolute Gasteiger partial charge is 0.398 e. The van der Waals surface area contributed by atoms with E-state index in [-0.39, 0.29) is 0 Å². The number of aromatic nitrogens is 1. The molecule has 2 N–H and O–H groups in total. The predicted molar refractivity (Wildman–Crippen MR) is 71.2 cm³/mol. The second-order valence-electron chi connectivity index (χ2n) is 2.98. The molecular weight excluding hydrogens is 218 g/mol. The van der Waals surface area contributed by atoms with Gasteiger partial charge in [-0.1, -0.05) is 19.2 Å². The highest BCUT2D eigenvalue weighted by Gasteiger charge is 1.93. The van der Waals surface area contributed by atoms with Gasteiger partial charge in [-0.3, -0.25) is 9.98 Å².